The van der Waals surface area contributed by atoms with Crippen molar-refractivity contribution in [1.82, 2.24) is 4.31 Å². The molecule has 6 heteroatoms. The quantitative estimate of drug-likeness (QED) is 0.896. The van der Waals surface area contributed by atoms with Crippen LogP contribution in [0, 0.1) is 5.41 Å². The summed E-state index contributed by atoms with van der Waals surface area (Å²) in [4.78, 5) is 0.293. The highest BCUT2D eigenvalue weighted by Gasteiger charge is 2.26. The van der Waals surface area contributed by atoms with E-state index < -0.39 is 10.0 Å². The Kier molecular flexibility index (Phi) is 4.94. The summed E-state index contributed by atoms with van der Waals surface area (Å²) in [6.07, 6.45) is 0. The maximum absolute atomic E-state index is 12.3. The molecule has 0 aliphatic carbocycles. The van der Waals surface area contributed by atoms with E-state index >= 15 is 0 Å². The molecular weight excluding hydrogens is 316 g/mol. The Balaban J connectivity index is 2.97. The molecule has 1 rings (SSSR count). The van der Waals surface area contributed by atoms with Crippen LogP contribution in [-0.2, 0) is 10.0 Å². The first-order valence-electron chi connectivity index (χ1n) is 5.61. The van der Waals surface area contributed by atoms with Crippen molar-refractivity contribution in [2.24, 2.45) is 11.1 Å². The molecule has 0 unspecified atom stereocenters. The van der Waals surface area contributed by atoms with Gasteiger partial charge in [-0.15, -0.1) is 0 Å². The molecule has 2 N–H and O–H groups in total. The van der Waals surface area contributed by atoms with E-state index in [1.807, 2.05) is 13.8 Å². The van der Waals surface area contributed by atoms with Gasteiger partial charge < -0.3 is 5.73 Å². The van der Waals surface area contributed by atoms with Crippen LogP contribution in [0.1, 0.15) is 13.8 Å². The number of sulfonamides is 1. The Bertz CT molecular complexity index is 497. The molecule has 0 fully saturated rings. The fourth-order valence-electron chi connectivity index (χ4n) is 1.54. The molecule has 0 atom stereocenters. The van der Waals surface area contributed by atoms with Gasteiger partial charge in [0.05, 0.1) is 4.90 Å². The molecule has 0 bridgehead atoms. The zero-order valence-corrected chi connectivity index (χ0v) is 13.3. The summed E-state index contributed by atoms with van der Waals surface area (Å²) >= 11 is 3.28. The third kappa shape index (κ3) is 3.78. The minimum atomic E-state index is -3.44. The van der Waals surface area contributed by atoms with Crippen LogP contribution in [0.3, 0.4) is 0 Å². The maximum atomic E-state index is 12.3. The van der Waals surface area contributed by atoms with Crippen molar-refractivity contribution >= 4 is 26.0 Å². The second-order valence-corrected chi connectivity index (χ2v) is 8.04. The molecule has 0 aliphatic rings. The molecule has 0 spiro atoms. The Hall–Kier alpha value is -0.430. The molecular formula is C12H19BrN2O2S. The molecule has 0 amide bonds. The molecule has 0 radical (unpaired) electrons. The van der Waals surface area contributed by atoms with E-state index in [1.165, 1.54) is 4.31 Å². The Labute approximate surface area is 117 Å². The zero-order chi connectivity index (χ0) is 14.0. The molecule has 0 aliphatic heterocycles. The highest BCUT2D eigenvalue weighted by atomic mass is 79.9. The van der Waals surface area contributed by atoms with E-state index in [2.05, 4.69) is 15.9 Å². The predicted molar refractivity (Wildman–Crippen MR) is 76.8 cm³/mol. The lowest BCUT2D eigenvalue weighted by atomic mass is 9.94. The van der Waals surface area contributed by atoms with Crippen molar-refractivity contribution in [3.8, 4) is 0 Å². The van der Waals surface area contributed by atoms with Gasteiger partial charge in [0.15, 0.2) is 0 Å². The summed E-state index contributed by atoms with van der Waals surface area (Å²) in [6.45, 7) is 4.72. The van der Waals surface area contributed by atoms with Crippen LogP contribution in [0.2, 0.25) is 0 Å². The molecule has 0 aromatic heterocycles. The highest BCUT2D eigenvalue weighted by Crippen LogP contribution is 2.21. The first-order chi connectivity index (χ1) is 8.19. The molecule has 1 aromatic carbocycles. The van der Waals surface area contributed by atoms with Crippen LogP contribution >= 0.6 is 15.9 Å². The number of rotatable bonds is 5. The van der Waals surface area contributed by atoms with Gasteiger partial charge in [-0.3, -0.25) is 0 Å². The van der Waals surface area contributed by atoms with Crippen molar-refractivity contribution in [2.45, 2.75) is 18.7 Å². The van der Waals surface area contributed by atoms with Gasteiger partial charge in [-0.2, -0.15) is 0 Å². The topological polar surface area (TPSA) is 63.4 Å². The van der Waals surface area contributed by atoms with E-state index in [9.17, 15) is 8.42 Å². The van der Waals surface area contributed by atoms with Gasteiger partial charge in [0.25, 0.3) is 0 Å². The lowest BCUT2D eigenvalue weighted by molar-refractivity contribution is 0.292. The second kappa shape index (κ2) is 5.69. The predicted octanol–water partition coefficient (Wildman–Crippen LogP) is 2.05. The van der Waals surface area contributed by atoms with Crippen LogP contribution in [0.15, 0.2) is 33.6 Å². The van der Waals surface area contributed by atoms with Crippen molar-refractivity contribution in [2.75, 3.05) is 20.1 Å². The fourth-order valence-corrected chi connectivity index (χ4v) is 3.16. The summed E-state index contributed by atoms with van der Waals surface area (Å²) in [5, 5.41) is 0. The number of halogens is 1. The van der Waals surface area contributed by atoms with Crippen LogP contribution in [0.4, 0.5) is 0 Å². The fraction of sp³-hybridized carbons (Fsp3) is 0.500. The minimum Gasteiger partial charge on any atom is -0.330 e. The van der Waals surface area contributed by atoms with Gasteiger partial charge in [-0.1, -0.05) is 29.8 Å². The van der Waals surface area contributed by atoms with Crippen LogP contribution in [0.25, 0.3) is 0 Å². The monoisotopic (exact) mass is 334 g/mol. The van der Waals surface area contributed by atoms with Gasteiger partial charge in [-0.05, 0) is 36.2 Å². The van der Waals surface area contributed by atoms with Gasteiger partial charge in [0, 0.05) is 18.1 Å². The average Bonchev–Trinajstić information content (AvgIpc) is 2.29. The standard InChI is InChI=1S/C12H19BrN2O2S/c1-12(2,8-14)9-15(3)18(16,17)11-6-4-10(13)5-7-11/h4-7H,8-9,14H2,1-3H3. The number of nitrogens with two attached hydrogens (primary N) is 1. The van der Waals surface area contributed by atoms with E-state index in [1.54, 1.807) is 31.3 Å². The van der Waals surface area contributed by atoms with Crippen molar-refractivity contribution in [1.29, 1.82) is 0 Å². The first kappa shape index (κ1) is 15.6. The van der Waals surface area contributed by atoms with Gasteiger partial charge in [0.2, 0.25) is 10.0 Å². The smallest absolute Gasteiger partial charge is 0.242 e. The largest absolute Gasteiger partial charge is 0.330 e. The molecule has 4 nitrogen and oxygen atoms in total. The number of hydrogen-bond donors (Lipinski definition) is 1. The van der Waals surface area contributed by atoms with E-state index in [4.69, 9.17) is 5.73 Å². The number of benzene rings is 1. The van der Waals surface area contributed by atoms with Crippen LogP contribution < -0.4 is 5.73 Å². The van der Waals surface area contributed by atoms with Crippen LogP contribution in [-0.4, -0.2) is 32.9 Å². The zero-order valence-electron chi connectivity index (χ0n) is 10.9. The lowest BCUT2D eigenvalue weighted by Gasteiger charge is -2.28. The van der Waals surface area contributed by atoms with E-state index in [0.717, 1.165) is 4.47 Å². The summed E-state index contributed by atoms with van der Waals surface area (Å²) < 4.78 is 26.8. The minimum absolute atomic E-state index is 0.239. The second-order valence-electron chi connectivity index (χ2n) is 5.08. The first-order valence-corrected chi connectivity index (χ1v) is 7.84. The Morgan fingerprint density at radius 1 is 1.28 bits per heavy atom. The summed E-state index contributed by atoms with van der Waals surface area (Å²) in [6, 6.07) is 6.61. The van der Waals surface area contributed by atoms with E-state index in [-0.39, 0.29) is 5.41 Å². The summed E-state index contributed by atoms with van der Waals surface area (Å²) in [5.41, 5.74) is 5.39. The third-order valence-electron chi connectivity index (χ3n) is 2.73. The maximum Gasteiger partial charge on any atom is 0.242 e. The number of hydrogen-bond acceptors (Lipinski definition) is 3. The Morgan fingerprint density at radius 2 is 1.78 bits per heavy atom. The van der Waals surface area contributed by atoms with Crippen molar-refractivity contribution in [3.63, 3.8) is 0 Å². The van der Waals surface area contributed by atoms with Gasteiger partial charge in [-0.25, -0.2) is 12.7 Å². The van der Waals surface area contributed by atoms with E-state index in [0.29, 0.717) is 18.0 Å². The molecule has 0 saturated carbocycles. The molecule has 1 aromatic rings. The van der Waals surface area contributed by atoms with Gasteiger partial charge >= 0.3 is 0 Å². The lowest BCUT2D eigenvalue weighted by Crippen LogP contribution is -2.39. The summed E-state index contributed by atoms with van der Waals surface area (Å²) in [7, 11) is -1.86. The average molecular weight is 335 g/mol. The highest BCUT2D eigenvalue weighted by molar-refractivity contribution is 9.10. The Morgan fingerprint density at radius 3 is 2.22 bits per heavy atom. The van der Waals surface area contributed by atoms with Crippen molar-refractivity contribution in [3.05, 3.63) is 28.7 Å². The van der Waals surface area contributed by atoms with Gasteiger partial charge in [0.1, 0.15) is 0 Å². The third-order valence-corrected chi connectivity index (χ3v) is 5.07. The van der Waals surface area contributed by atoms with Crippen LogP contribution in [0.5, 0.6) is 0 Å². The molecule has 18 heavy (non-hydrogen) atoms. The molecule has 102 valence electrons. The molecule has 0 saturated heterocycles. The SMILES string of the molecule is CN(CC(C)(C)CN)S(=O)(=O)c1ccc(Br)cc1. The normalized spacial score (nSPS) is 13.0. The summed E-state index contributed by atoms with van der Waals surface area (Å²) in [5.74, 6) is 0. The van der Waals surface area contributed by atoms with Crippen molar-refractivity contribution < 1.29 is 8.42 Å². The number of nitrogens with zero attached hydrogens (tertiary/aromatic N) is 1. The molecule has 0 heterocycles.